The van der Waals surface area contributed by atoms with E-state index in [0.29, 0.717) is 0 Å². The molecule has 0 N–H and O–H groups in total. The van der Waals surface area contributed by atoms with E-state index in [2.05, 4.69) is 133 Å². The minimum absolute atomic E-state index is 0.111. The summed E-state index contributed by atoms with van der Waals surface area (Å²) < 4.78 is 24.4. The van der Waals surface area contributed by atoms with Crippen LogP contribution < -0.4 is 0 Å². The van der Waals surface area contributed by atoms with Crippen molar-refractivity contribution in [3.05, 3.63) is 190 Å². The first-order chi connectivity index (χ1) is 24.7. The van der Waals surface area contributed by atoms with Crippen molar-refractivity contribution in [3.8, 4) is 45.9 Å². The molecule has 4 nitrogen and oxygen atoms in total. The highest BCUT2D eigenvalue weighted by Gasteiger charge is 2.48. The summed E-state index contributed by atoms with van der Waals surface area (Å²) >= 11 is 0. The number of ether oxygens (including phenoxy) is 4. The van der Waals surface area contributed by atoms with Crippen LogP contribution in [0.2, 0.25) is 0 Å². The standard InChI is InChI=1S/C46H34O4/c1-47-31-49-45(41-27-13-7-21-35(41)36-22-8-14-28-42(36)45)39-25-11-5-19-33(39)17-3-4-18-34-20-6-12-26-40(34)46(50-32-48-2)43-29-15-9-23-37(43)38-24-10-16-30-44(38)46/h5-16,19-30H,31-32H2,1-2H3. The average Bonchev–Trinajstić information content (AvgIpc) is 3.63. The van der Waals surface area contributed by atoms with Gasteiger partial charge in [0.05, 0.1) is 0 Å². The predicted octanol–water partition coefficient (Wildman–Crippen LogP) is 8.88. The van der Waals surface area contributed by atoms with Crippen LogP contribution in [-0.4, -0.2) is 27.8 Å². The second kappa shape index (κ2) is 13.3. The molecule has 2 aliphatic carbocycles. The van der Waals surface area contributed by atoms with Gasteiger partial charge in [-0.05, 0) is 46.2 Å². The molecule has 0 amide bonds. The van der Waals surface area contributed by atoms with Gasteiger partial charge in [0, 0.05) is 58.7 Å². The van der Waals surface area contributed by atoms with Crippen LogP contribution in [0.15, 0.2) is 146 Å². The first-order valence-electron chi connectivity index (χ1n) is 16.6. The van der Waals surface area contributed by atoms with Crippen LogP contribution in [-0.2, 0) is 30.1 Å². The maximum Gasteiger partial charge on any atom is 0.149 e. The van der Waals surface area contributed by atoms with E-state index in [9.17, 15) is 0 Å². The summed E-state index contributed by atoms with van der Waals surface area (Å²) in [6.07, 6.45) is 0. The molecule has 4 heteroatoms. The Morgan fingerprint density at radius 3 is 0.980 bits per heavy atom. The van der Waals surface area contributed by atoms with Crippen molar-refractivity contribution in [2.45, 2.75) is 11.2 Å². The van der Waals surface area contributed by atoms with Gasteiger partial charge in [-0.1, -0.05) is 145 Å². The van der Waals surface area contributed by atoms with E-state index in [-0.39, 0.29) is 13.6 Å². The number of methoxy groups -OCH3 is 2. The summed E-state index contributed by atoms with van der Waals surface area (Å²) in [6.45, 7) is 0.223. The van der Waals surface area contributed by atoms with Gasteiger partial charge in [0.2, 0.25) is 0 Å². The summed E-state index contributed by atoms with van der Waals surface area (Å²) in [6, 6.07) is 49.9. The Morgan fingerprint density at radius 1 is 0.380 bits per heavy atom. The maximum absolute atomic E-state index is 6.72. The molecule has 0 bridgehead atoms. The van der Waals surface area contributed by atoms with E-state index in [1.807, 2.05) is 36.4 Å². The lowest BCUT2D eigenvalue weighted by molar-refractivity contribution is -0.0954. The second-order valence-electron chi connectivity index (χ2n) is 12.2. The molecule has 0 aromatic heterocycles. The zero-order valence-corrected chi connectivity index (χ0v) is 27.9. The van der Waals surface area contributed by atoms with E-state index >= 15 is 0 Å². The quantitative estimate of drug-likeness (QED) is 0.122. The summed E-state index contributed by atoms with van der Waals surface area (Å²) in [5.41, 5.74) is 10.5. The Bertz CT molecular complexity index is 2090. The molecule has 8 rings (SSSR count). The molecule has 0 unspecified atom stereocenters. The summed E-state index contributed by atoms with van der Waals surface area (Å²) in [7, 11) is 3.29. The third-order valence-corrected chi connectivity index (χ3v) is 9.66. The first-order valence-corrected chi connectivity index (χ1v) is 16.6. The monoisotopic (exact) mass is 650 g/mol. The van der Waals surface area contributed by atoms with Crippen molar-refractivity contribution in [1.82, 2.24) is 0 Å². The van der Waals surface area contributed by atoms with Crippen LogP contribution in [0.25, 0.3) is 22.3 Å². The molecule has 0 aliphatic heterocycles. The Hall–Kier alpha value is -5.72. The summed E-state index contributed by atoms with van der Waals surface area (Å²) in [5.74, 6) is 13.2. The number of fused-ring (bicyclic) bond motifs is 6. The van der Waals surface area contributed by atoms with Crippen molar-refractivity contribution >= 4 is 0 Å². The molecule has 0 heterocycles. The number of rotatable bonds is 8. The van der Waals surface area contributed by atoms with Crippen LogP contribution in [0, 0.1) is 23.7 Å². The number of hydrogen-bond acceptors (Lipinski definition) is 4. The molecule has 0 fully saturated rings. The fraction of sp³-hybridized carbons (Fsp3) is 0.130. The molecule has 0 atom stereocenters. The van der Waals surface area contributed by atoms with Gasteiger partial charge in [0.25, 0.3) is 0 Å². The van der Waals surface area contributed by atoms with Gasteiger partial charge >= 0.3 is 0 Å². The first kappa shape index (κ1) is 31.5. The lowest BCUT2D eigenvalue weighted by Crippen LogP contribution is -2.32. The van der Waals surface area contributed by atoms with Gasteiger partial charge in [0.1, 0.15) is 24.8 Å². The van der Waals surface area contributed by atoms with Gasteiger partial charge in [-0.2, -0.15) is 0 Å². The van der Waals surface area contributed by atoms with Crippen molar-refractivity contribution in [3.63, 3.8) is 0 Å². The fourth-order valence-corrected chi connectivity index (χ4v) is 7.73. The SMILES string of the molecule is COCOC1(c2ccccc2C#CC#Cc2ccccc2C2(OCOC)c3ccccc3-c3ccccc32)c2ccccc2-c2ccccc21. The molecule has 0 saturated carbocycles. The highest BCUT2D eigenvalue weighted by Crippen LogP contribution is 2.55. The molecule has 0 saturated heterocycles. The van der Waals surface area contributed by atoms with E-state index in [1.165, 1.54) is 0 Å². The van der Waals surface area contributed by atoms with Crippen LogP contribution in [0.4, 0.5) is 0 Å². The Kier molecular flexibility index (Phi) is 8.39. The van der Waals surface area contributed by atoms with Crippen molar-refractivity contribution < 1.29 is 18.9 Å². The predicted molar refractivity (Wildman–Crippen MR) is 196 cm³/mol. The lowest BCUT2D eigenvalue weighted by Gasteiger charge is -2.33. The molecule has 242 valence electrons. The highest BCUT2D eigenvalue weighted by atomic mass is 16.7. The van der Waals surface area contributed by atoms with Crippen molar-refractivity contribution in [1.29, 1.82) is 0 Å². The number of benzene rings is 6. The number of hydrogen-bond donors (Lipinski definition) is 0. The Morgan fingerprint density at radius 2 is 0.660 bits per heavy atom. The average molecular weight is 651 g/mol. The van der Waals surface area contributed by atoms with Gasteiger partial charge in [-0.3, -0.25) is 0 Å². The van der Waals surface area contributed by atoms with Crippen LogP contribution in [0.3, 0.4) is 0 Å². The van der Waals surface area contributed by atoms with Crippen molar-refractivity contribution in [2.24, 2.45) is 0 Å². The minimum atomic E-state index is -0.900. The van der Waals surface area contributed by atoms with E-state index in [4.69, 9.17) is 18.9 Å². The van der Waals surface area contributed by atoms with E-state index in [1.54, 1.807) is 14.2 Å². The Balaban J connectivity index is 1.24. The van der Waals surface area contributed by atoms with Gasteiger partial charge in [-0.25, -0.2) is 0 Å². The third kappa shape index (κ3) is 4.90. The van der Waals surface area contributed by atoms with E-state index < -0.39 is 11.2 Å². The van der Waals surface area contributed by atoms with Gasteiger partial charge in [0.15, 0.2) is 0 Å². The molecule has 2 aliphatic rings. The topological polar surface area (TPSA) is 36.9 Å². The van der Waals surface area contributed by atoms with Gasteiger partial charge < -0.3 is 18.9 Å². The Labute approximate surface area is 293 Å². The minimum Gasteiger partial charge on any atom is -0.359 e. The van der Waals surface area contributed by atoms with Crippen LogP contribution in [0.1, 0.15) is 44.5 Å². The van der Waals surface area contributed by atoms with E-state index in [0.717, 1.165) is 66.8 Å². The summed E-state index contributed by atoms with van der Waals surface area (Å²) in [5, 5.41) is 0. The maximum atomic E-state index is 6.72. The molecular formula is C46H34O4. The smallest absolute Gasteiger partial charge is 0.149 e. The second-order valence-corrected chi connectivity index (χ2v) is 12.2. The summed E-state index contributed by atoms with van der Waals surface area (Å²) in [4.78, 5) is 0. The molecule has 6 aromatic carbocycles. The zero-order valence-electron chi connectivity index (χ0n) is 27.9. The molecular weight excluding hydrogens is 617 g/mol. The normalized spacial score (nSPS) is 13.9. The highest BCUT2D eigenvalue weighted by molar-refractivity contribution is 5.84. The lowest BCUT2D eigenvalue weighted by atomic mass is 9.81. The van der Waals surface area contributed by atoms with Crippen LogP contribution in [0.5, 0.6) is 0 Å². The molecule has 50 heavy (non-hydrogen) atoms. The third-order valence-electron chi connectivity index (χ3n) is 9.66. The molecule has 0 spiro atoms. The molecule has 0 radical (unpaired) electrons. The van der Waals surface area contributed by atoms with Crippen LogP contribution >= 0.6 is 0 Å². The van der Waals surface area contributed by atoms with Gasteiger partial charge in [-0.15, -0.1) is 0 Å². The largest absolute Gasteiger partial charge is 0.359 e. The zero-order chi connectivity index (χ0) is 34.0. The molecule has 6 aromatic rings. The fourth-order valence-electron chi connectivity index (χ4n) is 7.73. The van der Waals surface area contributed by atoms with Crippen molar-refractivity contribution in [2.75, 3.05) is 27.8 Å².